The maximum absolute atomic E-state index is 11.9. The zero-order chi connectivity index (χ0) is 16.4. The second kappa shape index (κ2) is 6.58. The third-order valence-corrected chi connectivity index (χ3v) is 4.52. The second-order valence-electron chi connectivity index (χ2n) is 6.31. The van der Waals surface area contributed by atoms with E-state index in [-0.39, 0.29) is 12.0 Å². The molecule has 6 nitrogen and oxygen atoms in total. The molecule has 1 aromatic carbocycles. The van der Waals surface area contributed by atoms with Crippen molar-refractivity contribution in [2.24, 2.45) is 11.8 Å². The van der Waals surface area contributed by atoms with Crippen LogP contribution in [0.3, 0.4) is 0 Å². The maximum atomic E-state index is 11.9. The summed E-state index contributed by atoms with van der Waals surface area (Å²) in [4.78, 5) is 22.7. The van der Waals surface area contributed by atoms with Gasteiger partial charge in [0.25, 0.3) is 0 Å². The Labute approximate surface area is 134 Å². The van der Waals surface area contributed by atoms with Gasteiger partial charge in [0.2, 0.25) is 5.91 Å². The highest BCUT2D eigenvalue weighted by Gasteiger charge is 2.48. The molecule has 3 N–H and O–H groups in total. The lowest BCUT2D eigenvalue weighted by molar-refractivity contribution is -0.139. The highest BCUT2D eigenvalue weighted by Crippen LogP contribution is 2.39. The lowest BCUT2D eigenvalue weighted by Gasteiger charge is -2.28. The molecule has 3 rings (SSSR count). The van der Waals surface area contributed by atoms with Gasteiger partial charge in [-0.15, -0.1) is 0 Å². The Balaban J connectivity index is 1.53. The summed E-state index contributed by atoms with van der Waals surface area (Å²) < 4.78 is 5.80. The minimum atomic E-state index is -0.917. The van der Waals surface area contributed by atoms with Crippen LogP contribution in [0.25, 0.3) is 0 Å². The van der Waals surface area contributed by atoms with E-state index in [1.807, 2.05) is 0 Å². The fraction of sp³-hybridized carbons (Fsp3) is 0.529. The molecule has 2 saturated carbocycles. The zero-order valence-corrected chi connectivity index (χ0v) is 12.8. The van der Waals surface area contributed by atoms with Gasteiger partial charge in [-0.05, 0) is 49.9 Å². The molecule has 0 saturated heterocycles. The predicted octanol–water partition coefficient (Wildman–Crippen LogP) is 2.03. The minimum absolute atomic E-state index is 0.174. The van der Waals surface area contributed by atoms with Crippen molar-refractivity contribution in [2.75, 3.05) is 5.32 Å². The van der Waals surface area contributed by atoms with Crippen molar-refractivity contribution in [1.82, 2.24) is 0 Å². The zero-order valence-electron chi connectivity index (χ0n) is 12.8. The lowest BCUT2D eigenvalue weighted by atomic mass is 9.95. The van der Waals surface area contributed by atoms with Gasteiger partial charge in [0.1, 0.15) is 11.9 Å². The van der Waals surface area contributed by atoms with E-state index in [1.54, 1.807) is 24.3 Å². The van der Waals surface area contributed by atoms with Gasteiger partial charge >= 0.3 is 5.97 Å². The first-order chi connectivity index (χ1) is 11.0. The van der Waals surface area contributed by atoms with Crippen LogP contribution in [0.2, 0.25) is 0 Å². The molecule has 6 heteroatoms. The molecule has 23 heavy (non-hydrogen) atoms. The standard InChI is InChI=1S/C17H21NO5/c19-14-3-1-2-4-15(14)23-11-7-5-10(6-8-11)18-16(20)12-9-13(12)17(21)22/h5-8,12-15,19H,1-4,9H2,(H,18,20)(H,21,22). The quantitative estimate of drug-likeness (QED) is 0.772. The number of hydrogen-bond acceptors (Lipinski definition) is 4. The summed E-state index contributed by atoms with van der Waals surface area (Å²) in [7, 11) is 0. The molecule has 0 heterocycles. The van der Waals surface area contributed by atoms with E-state index in [4.69, 9.17) is 9.84 Å². The van der Waals surface area contributed by atoms with Crippen molar-refractivity contribution >= 4 is 17.6 Å². The van der Waals surface area contributed by atoms with Crippen LogP contribution in [0.1, 0.15) is 32.1 Å². The van der Waals surface area contributed by atoms with Crippen LogP contribution in [0, 0.1) is 11.8 Å². The fourth-order valence-corrected chi connectivity index (χ4v) is 3.00. The molecule has 0 spiro atoms. The van der Waals surface area contributed by atoms with Gasteiger partial charge < -0.3 is 20.3 Å². The summed E-state index contributed by atoms with van der Waals surface area (Å²) in [5, 5.41) is 21.5. The van der Waals surface area contributed by atoms with Crippen LogP contribution in [0.15, 0.2) is 24.3 Å². The summed E-state index contributed by atoms with van der Waals surface area (Å²) in [6, 6.07) is 6.94. The molecule has 124 valence electrons. The highest BCUT2D eigenvalue weighted by molar-refractivity contribution is 5.98. The van der Waals surface area contributed by atoms with Crippen molar-refractivity contribution in [3.8, 4) is 5.75 Å². The number of ether oxygens (including phenoxy) is 1. The van der Waals surface area contributed by atoms with Crippen LogP contribution >= 0.6 is 0 Å². The molecule has 2 aliphatic rings. The summed E-state index contributed by atoms with van der Waals surface area (Å²) in [5.74, 6) is -1.50. The van der Waals surface area contributed by atoms with E-state index < -0.39 is 23.9 Å². The monoisotopic (exact) mass is 319 g/mol. The number of aliphatic carboxylic acids is 1. The van der Waals surface area contributed by atoms with Crippen molar-refractivity contribution in [1.29, 1.82) is 0 Å². The third-order valence-electron chi connectivity index (χ3n) is 4.52. The molecule has 2 fully saturated rings. The number of nitrogens with one attached hydrogen (secondary N) is 1. The van der Waals surface area contributed by atoms with Gasteiger partial charge in [-0.3, -0.25) is 9.59 Å². The van der Waals surface area contributed by atoms with Gasteiger partial charge in [-0.2, -0.15) is 0 Å². The first kappa shape index (κ1) is 15.8. The SMILES string of the molecule is O=C(O)C1CC1C(=O)Nc1ccc(OC2CCCCC2O)cc1. The second-order valence-corrected chi connectivity index (χ2v) is 6.31. The molecule has 1 amide bonds. The number of rotatable bonds is 5. The largest absolute Gasteiger partial charge is 0.488 e. The number of carboxylic acid groups (broad SMARTS) is 1. The van der Waals surface area contributed by atoms with Crippen LogP contribution in [-0.2, 0) is 9.59 Å². The molecule has 4 unspecified atom stereocenters. The number of aliphatic hydroxyl groups excluding tert-OH is 1. The average Bonchev–Trinajstić information content (AvgIpc) is 3.32. The summed E-state index contributed by atoms with van der Waals surface area (Å²) in [5.41, 5.74) is 0.614. The van der Waals surface area contributed by atoms with Crippen molar-refractivity contribution in [3.63, 3.8) is 0 Å². The predicted molar refractivity (Wildman–Crippen MR) is 83.2 cm³/mol. The number of carbonyl (C=O) groups excluding carboxylic acids is 1. The highest BCUT2D eigenvalue weighted by atomic mass is 16.5. The van der Waals surface area contributed by atoms with E-state index in [9.17, 15) is 14.7 Å². The number of benzene rings is 1. The number of carboxylic acids is 1. The number of anilines is 1. The van der Waals surface area contributed by atoms with E-state index >= 15 is 0 Å². The molecule has 1 aromatic rings. The molecular weight excluding hydrogens is 298 g/mol. The fourth-order valence-electron chi connectivity index (χ4n) is 3.00. The maximum Gasteiger partial charge on any atom is 0.307 e. The summed E-state index contributed by atoms with van der Waals surface area (Å²) in [6.45, 7) is 0. The molecular formula is C17H21NO5. The van der Waals surface area contributed by atoms with Gasteiger partial charge in [-0.25, -0.2) is 0 Å². The van der Waals surface area contributed by atoms with E-state index in [0.717, 1.165) is 25.7 Å². The molecule has 0 bridgehead atoms. The Kier molecular flexibility index (Phi) is 4.52. The van der Waals surface area contributed by atoms with Crippen LogP contribution in [-0.4, -0.2) is 34.3 Å². The van der Waals surface area contributed by atoms with Crippen molar-refractivity contribution < 1.29 is 24.5 Å². The van der Waals surface area contributed by atoms with E-state index in [0.29, 0.717) is 17.9 Å². The number of amides is 1. The van der Waals surface area contributed by atoms with Gasteiger partial charge in [0.15, 0.2) is 0 Å². The Morgan fingerprint density at radius 3 is 2.39 bits per heavy atom. The Hall–Kier alpha value is -2.08. The van der Waals surface area contributed by atoms with Crippen molar-refractivity contribution in [2.45, 2.75) is 44.3 Å². The van der Waals surface area contributed by atoms with Gasteiger partial charge in [0, 0.05) is 5.69 Å². The molecule has 2 aliphatic carbocycles. The summed E-state index contributed by atoms with van der Waals surface area (Å²) in [6.07, 6.45) is 3.51. The first-order valence-corrected chi connectivity index (χ1v) is 8.03. The lowest BCUT2D eigenvalue weighted by Crippen LogP contribution is -2.34. The normalized spacial score (nSPS) is 29.6. The number of hydrogen-bond donors (Lipinski definition) is 3. The van der Waals surface area contributed by atoms with Crippen molar-refractivity contribution in [3.05, 3.63) is 24.3 Å². The van der Waals surface area contributed by atoms with Gasteiger partial charge in [-0.1, -0.05) is 6.42 Å². The Morgan fingerprint density at radius 1 is 1.09 bits per heavy atom. The average molecular weight is 319 g/mol. The van der Waals surface area contributed by atoms with Crippen LogP contribution in [0.5, 0.6) is 5.75 Å². The molecule has 0 radical (unpaired) electrons. The topological polar surface area (TPSA) is 95.9 Å². The Morgan fingerprint density at radius 2 is 1.78 bits per heavy atom. The van der Waals surface area contributed by atoms with E-state index in [1.165, 1.54) is 0 Å². The molecule has 4 atom stereocenters. The van der Waals surface area contributed by atoms with E-state index in [2.05, 4.69) is 5.32 Å². The first-order valence-electron chi connectivity index (χ1n) is 8.03. The van der Waals surface area contributed by atoms with Crippen LogP contribution < -0.4 is 10.1 Å². The molecule has 0 aromatic heterocycles. The molecule has 0 aliphatic heterocycles. The minimum Gasteiger partial charge on any atom is -0.488 e. The number of aliphatic hydroxyl groups is 1. The Bertz CT molecular complexity index is 585. The number of carbonyl (C=O) groups is 2. The third kappa shape index (κ3) is 3.82. The summed E-state index contributed by atoms with van der Waals surface area (Å²) >= 11 is 0. The van der Waals surface area contributed by atoms with Gasteiger partial charge in [0.05, 0.1) is 17.9 Å². The smallest absolute Gasteiger partial charge is 0.307 e. The van der Waals surface area contributed by atoms with Crippen LogP contribution in [0.4, 0.5) is 5.69 Å².